The van der Waals surface area contributed by atoms with E-state index in [9.17, 15) is 9.59 Å². The fourth-order valence-electron chi connectivity index (χ4n) is 2.27. The summed E-state index contributed by atoms with van der Waals surface area (Å²) < 4.78 is 2.79. The summed E-state index contributed by atoms with van der Waals surface area (Å²) in [6.45, 7) is 0.487. The number of nitrogens with zero attached hydrogens (tertiary/aromatic N) is 2. The number of amides is 2. The van der Waals surface area contributed by atoms with E-state index in [0.717, 1.165) is 15.5 Å². The molecule has 3 aromatic rings. The fourth-order valence-corrected chi connectivity index (χ4v) is 2.54. The van der Waals surface area contributed by atoms with Gasteiger partial charge in [0, 0.05) is 23.0 Å². The number of hydrogen-bond acceptors (Lipinski definition) is 3. The molecule has 3 rings (SSSR count). The van der Waals surface area contributed by atoms with Gasteiger partial charge in [0.2, 0.25) is 5.91 Å². The van der Waals surface area contributed by atoms with Gasteiger partial charge in [-0.3, -0.25) is 20.4 Å². The zero-order valence-electron chi connectivity index (χ0n) is 12.7. The van der Waals surface area contributed by atoms with Crippen LogP contribution < -0.4 is 10.9 Å². The Hall–Kier alpha value is -2.67. The number of nitrogens with one attached hydrogen (secondary N) is 2. The standard InChI is InChI=1S/C17H15BrN4O2/c18-13-7-5-12(6-8-13)17(24)21-20-16(23)9-10-22-11-19-14-3-1-2-4-15(14)22/h1-8,11H,9-10H2,(H,20,23)(H,21,24). The normalized spacial score (nSPS) is 10.5. The van der Waals surface area contributed by atoms with Gasteiger partial charge in [-0.1, -0.05) is 28.1 Å². The third-order valence-electron chi connectivity index (χ3n) is 3.53. The number of fused-ring (bicyclic) bond motifs is 1. The summed E-state index contributed by atoms with van der Waals surface area (Å²) in [5, 5.41) is 0. The zero-order chi connectivity index (χ0) is 16.9. The second-order valence-electron chi connectivity index (χ2n) is 5.19. The maximum absolute atomic E-state index is 11.9. The lowest BCUT2D eigenvalue weighted by Gasteiger charge is -2.08. The first-order chi connectivity index (χ1) is 11.6. The molecule has 2 N–H and O–H groups in total. The Balaban J connectivity index is 1.51. The summed E-state index contributed by atoms with van der Waals surface area (Å²) in [5.74, 6) is -0.623. The van der Waals surface area contributed by atoms with Gasteiger partial charge in [0.15, 0.2) is 0 Å². The van der Waals surface area contributed by atoms with Crippen molar-refractivity contribution in [3.63, 3.8) is 0 Å². The third-order valence-corrected chi connectivity index (χ3v) is 4.06. The largest absolute Gasteiger partial charge is 0.330 e. The number of aryl methyl sites for hydroxylation is 1. The molecule has 1 aromatic heterocycles. The van der Waals surface area contributed by atoms with Crippen molar-refractivity contribution in [2.75, 3.05) is 0 Å². The number of carbonyl (C=O) groups is 2. The van der Waals surface area contributed by atoms with Crippen molar-refractivity contribution in [2.45, 2.75) is 13.0 Å². The van der Waals surface area contributed by atoms with Gasteiger partial charge in [-0.2, -0.15) is 0 Å². The summed E-state index contributed by atoms with van der Waals surface area (Å²) >= 11 is 3.30. The maximum Gasteiger partial charge on any atom is 0.269 e. The van der Waals surface area contributed by atoms with Crippen LogP contribution in [0.4, 0.5) is 0 Å². The van der Waals surface area contributed by atoms with Crippen molar-refractivity contribution < 1.29 is 9.59 Å². The highest BCUT2D eigenvalue weighted by atomic mass is 79.9. The van der Waals surface area contributed by atoms with E-state index >= 15 is 0 Å². The zero-order valence-corrected chi connectivity index (χ0v) is 14.3. The van der Waals surface area contributed by atoms with E-state index in [1.165, 1.54) is 0 Å². The van der Waals surface area contributed by atoms with Crippen molar-refractivity contribution >= 4 is 38.8 Å². The van der Waals surface area contributed by atoms with Crippen molar-refractivity contribution in [2.24, 2.45) is 0 Å². The van der Waals surface area contributed by atoms with E-state index in [2.05, 4.69) is 31.8 Å². The van der Waals surface area contributed by atoms with E-state index in [1.807, 2.05) is 28.8 Å². The second kappa shape index (κ2) is 7.27. The summed E-state index contributed by atoms with van der Waals surface area (Å²) in [4.78, 5) is 28.1. The molecule has 7 heteroatoms. The molecule has 0 saturated heterocycles. The minimum Gasteiger partial charge on any atom is -0.330 e. The van der Waals surface area contributed by atoms with Gasteiger partial charge in [0.25, 0.3) is 5.91 Å². The molecule has 24 heavy (non-hydrogen) atoms. The molecule has 0 fully saturated rings. The van der Waals surface area contributed by atoms with Crippen LogP contribution in [0.1, 0.15) is 16.8 Å². The van der Waals surface area contributed by atoms with Crippen molar-refractivity contribution in [3.05, 3.63) is 64.9 Å². The quantitative estimate of drug-likeness (QED) is 0.676. The van der Waals surface area contributed by atoms with Gasteiger partial charge in [0.05, 0.1) is 17.4 Å². The fraction of sp³-hybridized carbons (Fsp3) is 0.118. The number of imidazole rings is 1. The maximum atomic E-state index is 11.9. The number of halogens is 1. The van der Waals surface area contributed by atoms with Gasteiger partial charge in [-0.25, -0.2) is 4.98 Å². The van der Waals surface area contributed by atoms with Crippen LogP contribution in [0, 0.1) is 0 Å². The van der Waals surface area contributed by atoms with Crippen molar-refractivity contribution in [1.82, 2.24) is 20.4 Å². The van der Waals surface area contributed by atoms with Crippen LogP contribution in [0.25, 0.3) is 11.0 Å². The first kappa shape index (κ1) is 16.2. The summed E-state index contributed by atoms with van der Waals surface area (Å²) in [5.41, 5.74) is 7.17. The third kappa shape index (κ3) is 3.80. The molecule has 0 unspecified atom stereocenters. The van der Waals surface area contributed by atoms with Gasteiger partial charge in [-0.05, 0) is 36.4 Å². The Morgan fingerprint density at radius 3 is 2.58 bits per heavy atom. The molecule has 0 aliphatic heterocycles. The lowest BCUT2D eigenvalue weighted by Crippen LogP contribution is -2.41. The first-order valence-corrected chi connectivity index (χ1v) is 8.17. The summed E-state index contributed by atoms with van der Waals surface area (Å²) in [6.07, 6.45) is 1.94. The van der Waals surface area contributed by atoms with Crippen LogP contribution in [-0.2, 0) is 11.3 Å². The van der Waals surface area contributed by atoms with Crippen LogP contribution in [0.15, 0.2) is 59.3 Å². The Kier molecular flexibility index (Phi) is 4.90. The monoisotopic (exact) mass is 386 g/mol. The molecule has 0 aliphatic carbocycles. The van der Waals surface area contributed by atoms with Crippen molar-refractivity contribution in [3.8, 4) is 0 Å². The number of aromatic nitrogens is 2. The topological polar surface area (TPSA) is 76.0 Å². The van der Waals surface area contributed by atoms with Gasteiger partial charge < -0.3 is 4.57 Å². The second-order valence-corrected chi connectivity index (χ2v) is 6.10. The molecule has 0 atom stereocenters. The highest BCUT2D eigenvalue weighted by molar-refractivity contribution is 9.10. The Morgan fingerprint density at radius 1 is 1.04 bits per heavy atom. The first-order valence-electron chi connectivity index (χ1n) is 7.38. The number of para-hydroxylation sites is 2. The summed E-state index contributed by atoms with van der Waals surface area (Å²) in [7, 11) is 0. The molecule has 2 amide bonds. The van der Waals surface area contributed by atoms with Crippen LogP contribution in [-0.4, -0.2) is 21.4 Å². The molecule has 0 spiro atoms. The van der Waals surface area contributed by atoms with Gasteiger partial charge in [-0.15, -0.1) is 0 Å². The summed E-state index contributed by atoms with van der Waals surface area (Å²) in [6, 6.07) is 14.6. The predicted molar refractivity (Wildman–Crippen MR) is 94.1 cm³/mol. The number of carbonyl (C=O) groups excluding carboxylic acids is 2. The predicted octanol–water partition coefficient (Wildman–Crippen LogP) is 2.65. The molecular weight excluding hydrogens is 372 g/mol. The highest BCUT2D eigenvalue weighted by Crippen LogP contribution is 2.12. The lowest BCUT2D eigenvalue weighted by atomic mass is 10.2. The van der Waals surface area contributed by atoms with Crippen molar-refractivity contribution in [1.29, 1.82) is 0 Å². The van der Waals surface area contributed by atoms with Crippen LogP contribution in [0.3, 0.4) is 0 Å². The van der Waals surface area contributed by atoms with Gasteiger partial charge in [0.1, 0.15) is 0 Å². The minimum atomic E-state index is -0.357. The van der Waals surface area contributed by atoms with E-state index in [4.69, 9.17) is 0 Å². The smallest absolute Gasteiger partial charge is 0.269 e. The van der Waals surface area contributed by atoms with Crippen LogP contribution in [0.2, 0.25) is 0 Å². The number of hydrogen-bond donors (Lipinski definition) is 2. The van der Waals surface area contributed by atoms with E-state index < -0.39 is 0 Å². The Morgan fingerprint density at radius 2 is 1.79 bits per heavy atom. The molecule has 1 heterocycles. The average molecular weight is 387 g/mol. The number of rotatable bonds is 4. The molecule has 0 saturated carbocycles. The molecule has 6 nitrogen and oxygen atoms in total. The molecule has 0 radical (unpaired) electrons. The highest BCUT2D eigenvalue weighted by Gasteiger charge is 2.08. The van der Waals surface area contributed by atoms with E-state index in [0.29, 0.717) is 12.1 Å². The molecule has 2 aromatic carbocycles. The van der Waals surface area contributed by atoms with Gasteiger partial charge >= 0.3 is 0 Å². The molecule has 122 valence electrons. The van der Waals surface area contributed by atoms with E-state index in [-0.39, 0.29) is 18.2 Å². The Bertz CT molecular complexity index is 874. The van der Waals surface area contributed by atoms with E-state index in [1.54, 1.807) is 30.6 Å². The lowest BCUT2D eigenvalue weighted by molar-refractivity contribution is -0.122. The SMILES string of the molecule is O=C(CCn1cnc2ccccc21)NNC(=O)c1ccc(Br)cc1. The van der Waals surface area contributed by atoms with Crippen LogP contribution in [0.5, 0.6) is 0 Å². The number of benzene rings is 2. The Labute approximate surface area is 147 Å². The molecule has 0 bridgehead atoms. The van der Waals surface area contributed by atoms with Crippen LogP contribution >= 0.6 is 15.9 Å². The minimum absolute atomic E-state index is 0.237. The molecular formula is C17H15BrN4O2. The number of hydrazine groups is 1. The molecule has 0 aliphatic rings. The average Bonchev–Trinajstić information content (AvgIpc) is 3.01.